The molecule has 1 rings (SSSR count). The lowest BCUT2D eigenvalue weighted by atomic mass is 10.1. The quantitative estimate of drug-likeness (QED) is 0.373. The number of hydrogen-bond acceptors (Lipinski definition) is 1. The third-order valence-corrected chi connectivity index (χ3v) is 6.97. The van der Waals surface area contributed by atoms with Crippen LogP contribution in [0.3, 0.4) is 0 Å². The molecule has 0 amide bonds. The van der Waals surface area contributed by atoms with Crippen LogP contribution in [0.4, 0.5) is 0 Å². The van der Waals surface area contributed by atoms with Gasteiger partial charge in [0, 0.05) is 7.11 Å². The second-order valence-corrected chi connectivity index (χ2v) is 8.66. The molecule has 20 heavy (non-hydrogen) atoms. The third-order valence-electron chi connectivity index (χ3n) is 4.03. The molecule has 0 bridgehead atoms. The molecule has 1 aromatic rings. The highest BCUT2D eigenvalue weighted by molar-refractivity contribution is 6.51. The van der Waals surface area contributed by atoms with Gasteiger partial charge in [0.15, 0.2) is 9.04 Å². The molecule has 0 saturated carbocycles. The zero-order chi connectivity index (χ0) is 14.5. The lowest BCUT2D eigenvalue weighted by Crippen LogP contribution is -2.14. The fraction of sp³-hybridized carbons (Fsp3) is 0.667. The Labute approximate surface area is 127 Å². The van der Waals surface area contributed by atoms with Gasteiger partial charge in [-0.25, -0.2) is 0 Å². The van der Waals surface area contributed by atoms with Gasteiger partial charge in [-0.05, 0) is 30.5 Å². The van der Waals surface area contributed by atoms with Gasteiger partial charge in [0.25, 0.3) is 0 Å². The molecule has 1 nitrogen and oxygen atoms in total. The first-order valence-electron chi connectivity index (χ1n) is 8.43. The van der Waals surface area contributed by atoms with Crippen molar-refractivity contribution in [3.8, 4) is 0 Å². The van der Waals surface area contributed by atoms with E-state index in [1.54, 1.807) is 0 Å². The van der Waals surface area contributed by atoms with E-state index in [0.717, 1.165) is 0 Å². The molecule has 1 atom stereocenters. The van der Waals surface area contributed by atoms with Crippen LogP contribution in [0.2, 0.25) is 12.1 Å². The van der Waals surface area contributed by atoms with Crippen molar-refractivity contribution in [2.24, 2.45) is 0 Å². The van der Waals surface area contributed by atoms with Crippen molar-refractivity contribution in [1.29, 1.82) is 0 Å². The normalized spacial score (nSPS) is 12.5. The molecule has 0 saturated heterocycles. The van der Waals surface area contributed by atoms with Gasteiger partial charge in [-0.3, -0.25) is 0 Å². The maximum atomic E-state index is 5.62. The minimum atomic E-state index is -0.819. The van der Waals surface area contributed by atoms with Crippen LogP contribution in [0.15, 0.2) is 30.3 Å². The van der Waals surface area contributed by atoms with E-state index in [-0.39, 0.29) is 0 Å². The van der Waals surface area contributed by atoms with E-state index >= 15 is 0 Å². The molecule has 0 aliphatic heterocycles. The number of aryl methyl sites for hydroxylation is 1. The van der Waals surface area contributed by atoms with Crippen molar-refractivity contribution in [3.63, 3.8) is 0 Å². The Bertz CT molecular complexity index is 312. The number of benzene rings is 1. The monoisotopic (exact) mass is 292 g/mol. The van der Waals surface area contributed by atoms with Crippen LogP contribution in [-0.4, -0.2) is 16.2 Å². The number of rotatable bonds is 12. The Morgan fingerprint density at radius 3 is 2.15 bits per heavy atom. The van der Waals surface area contributed by atoms with Crippen molar-refractivity contribution in [1.82, 2.24) is 0 Å². The topological polar surface area (TPSA) is 9.23 Å². The van der Waals surface area contributed by atoms with Crippen LogP contribution in [0.1, 0.15) is 57.4 Å². The first-order chi connectivity index (χ1) is 9.86. The summed E-state index contributed by atoms with van der Waals surface area (Å²) in [4.78, 5) is 0. The minimum absolute atomic E-state index is 0.819. The van der Waals surface area contributed by atoms with Crippen molar-refractivity contribution in [2.45, 2.75) is 70.4 Å². The smallest absolute Gasteiger partial charge is 0.176 e. The van der Waals surface area contributed by atoms with E-state index in [1.807, 2.05) is 7.11 Å². The predicted octanol–water partition coefficient (Wildman–Crippen LogP) is 5.35. The van der Waals surface area contributed by atoms with Gasteiger partial charge in [-0.2, -0.15) is 0 Å². The maximum Gasteiger partial charge on any atom is 0.176 e. The average Bonchev–Trinajstić information content (AvgIpc) is 2.49. The highest BCUT2D eigenvalue weighted by atomic mass is 28.3. The van der Waals surface area contributed by atoms with E-state index in [2.05, 4.69) is 37.3 Å². The van der Waals surface area contributed by atoms with E-state index in [0.29, 0.717) is 0 Å². The highest BCUT2D eigenvalue weighted by Gasteiger charge is 2.07. The van der Waals surface area contributed by atoms with Crippen LogP contribution in [0, 0.1) is 0 Å². The largest absolute Gasteiger partial charge is 0.423 e. The Kier molecular flexibility index (Phi) is 10.6. The van der Waals surface area contributed by atoms with Gasteiger partial charge in [0.05, 0.1) is 0 Å². The minimum Gasteiger partial charge on any atom is -0.423 e. The molecule has 0 aliphatic rings. The van der Waals surface area contributed by atoms with E-state index in [9.17, 15) is 0 Å². The first-order valence-corrected chi connectivity index (χ1v) is 10.5. The summed E-state index contributed by atoms with van der Waals surface area (Å²) in [5.41, 5.74) is 1.49. The summed E-state index contributed by atoms with van der Waals surface area (Å²) in [6, 6.07) is 13.6. The van der Waals surface area contributed by atoms with E-state index in [1.165, 1.54) is 69.0 Å². The summed E-state index contributed by atoms with van der Waals surface area (Å²) in [6.07, 6.45) is 10.9. The van der Waals surface area contributed by atoms with Gasteiger partial charge in [0.1, 0.15) is 0 Å². The zero-order valence-corrected chi connectivity index (χ0v) is 14.6. The molecular weight excluding hydrogens is 260 g/mol. The molecule has 0 heterocycles. The van der Waals surface area contributed by atoms with Gasteiger partial charge >= 0.3 is 0 Å². The maximum absolute atomic E-state index is 5.62. The molecule has 0 spiro atoms. The molecular formula is C18H32OSi. The average molecular weight is 293 g/mol. The fourth-order valence-corrected chi connectivity index (χ4v) is 4.90. The summed E-state index contributed by atoms with van der Waals surface area (Å²) in [7, 11) is 1.09. The van der Waals surface area contributed by atoms with Gasteiger partial charge in [0.2, 0.25) is 0 Å². The molecule has 1 unspecified atom stereocenters. The van der Waals surface area contributed by atoms with Crippen LogP contribution in [0.25, 0.3) is 0 Å². The lowest BCUT2D eigenvalue weighted by molar-refractivity contribution is 0.414. The molecule has 0 fully saturated rings. The number of hydrogen-bond donors (Lipinski definition) is 0. The van der Waals surface area contributed by atoms with E-state index < -0.39 is 9.04 Å². The Morgan fingerprint density at radius 2 is 1.50 bits per heavy atom. The van der Waals surface area contributed by atoms with Crippen LogP contribution < -0.4 is 0 Å². The SMILES string of the molecule is CCC[SiH](CCCCCCCCc1ccccc1)OC. The molecule has 1 aromatic carbocycles. The number of unbranched alkanes of at least 4 members (excludes halogenated alkanes) is 5. The van der Waals surface area contributed by atoms with Crippen molar-refractivity contribution in [2.75, 3.05) is 7.11 Å². The Hall–Kier alpha value is -0.603. The summed E-state index contributed by atoms with van der Waals surface area (Å²) < 4.78 is 5.62. The van der Waals surface area contributed by atoms with Crippen molar-refractivity contribution < 1.29 is 4.43 Å². The molecule has 0 aliphatic carbocycles. The summed E-state index contributed by atoms with van der Waals surface area (Å²) in [5, 5.41) is 0. The van der Waals surface area contributed by atoms with Crippen LogP contribution >= 0.6 is 0 Å². The van der Waals surface area contributed by atoms with Crippen LogP contribution in [0.5, 0.6) is 0 Å². The van der Waals surface area contributed by atoms with Gasteiger partial charge < -0.3 is 4.43 Å². The van der Waals surface area contributed by atoms with Gasteiger partial charge in [-0.1, -0.05) is 75.8 Å². The lowest BCUT2D eigenvalue weighted by Gasteiger charge is -2.11. The Balaban J connectivity index is 1.90. The molecule has 0 N–H and O–H groups in total. The zero-order valence-electron chi connectivity index (χ0n) is 13.4. The van der Waals surface area contributed by atoms with E-state index in [4.69, 9.17) is 4.43 Å². The highest BCUT2D eigenvalue weighted by Crippen LogP contribution is 2.13. The second-order valence-electron chi connectivity index (χ2n) is 5.79. The third kappa shape index (κ3) is 8.54. The predicted molar refractivity (Wildman–Crippen MR) is 91.9 cm³/mol. The summed E-state index contributed by atoms with van der Waals surface area (Å²) in [5.74, 6) is 0. The second kappa shape index (κ2) is 12.2. The van der Waals surface area contributed by atoms with Crippen molar-refractivity contribution >= 4 is 9.04 Å². The standard InChI is InChI=1S/C18H32OSi/c1-3-16-20(19-2)17-12-7-5-4-6-9-13-18-14-10-8-11-15-18/h8,10-11,14-15,20H,3-7,9,12-13,16-17H2,1-2H3. The molecule has 2 heteroatoms. The summed E-state index contributed by atoms with van der Waals surface area (Å²) >= 11 is 0. The molecule has 0 aromatic heterocycles. The fourth-order valence-electron chi connectivity index (χ4n) is 2.75. The van der Waals surface area contributed by atoms with Crippen LogP contribution in [-0.2, 0) is 10.8 Å². The van der Waals surface area contributed by atoms with Crippen molar-refractivity contribution in [3.05, 3.63) is 35.9 Å². The molecule has 0 radical (unpaired) electrons. The first kappa shape index (κ1) is 17.4. The summed E-state index contributed by atoms with van der Waals surface area (Å²) in [6.45, 7) is 2.27. The Morgan fingerprint density at radius 1 is 0.850 bits per heavy atom. The van der Waals surface area contributed by atoms with Gasteiger partial charge in [-0.15, -0.1) is 0 Å². The molecule has 114 valence electrons.